The van der Waals surface area contributed by atoms with E-state index in [2.05, 4.69) is 29.1 Å². The fourth-order valence-electron chi connectivity index (χ4n) is 5.63. The Bertz CT molecular complexity index is 1310. The minimum absolute atomic E-state index is 0.0159. The van der Waals surface area contributed by atoms with Crippen molar-refractivity contribution in [2.24, 2.45) is 5.92 Å². The van der Waals surface area contributed by atoms with E-state index in [1.165, 1.54) is 13.2 Å². The predicted molar refractivity (Wildman–Crippen MR) is 177 cm³/mol. The molecule has 4 atom stereocenters. The molecular weight excluding hydrogens is 602 g/mol. The highest BCUT2D eigenvalue weighted by molar-refractivity contribution is 5.86. The number of hydrogen-bond donors (Lipinski definition) is 4. The van der Waals surface area contributed by atoms with Gasteiger partial charge in [-0.2, -0.15) is 0 Å². The molecule has 0 bridgehead atoms. The van der Waals surface area contributed by atoms with E-state index in [4.69, 9.17) is 14.2 Å². The summed E-state index contributed by atoms with van der Waals surface area (Å²) in [6.07, 6.45) is 4.57. The van der Waals surface area contributed by atoms with Crippen molar-refractivity contribution in [3.63, 3.8) is 0 Å². The van der Waals surface area contributed by atoms with E-state index in [0.717, 1.165) is 18.4 Å². The molecule has 1 fully saturated rings. The molecule has 3 amide bonds. The number of aliphatic hydroxyl groups is 1. The van der Waals surface area contributed by atoms with E-state index in [1.807, 2.05) is 30.3 Å². The van der Waals surface area contributed by atoms with Crippen molar-refractivity contribution in [1.29, 1.82) is 0 Å². The predicted octanol–water partition coefficient (Wildman–Crippen LogP) is 4.28. The highest BCUT2D eigenvalue weighted by Crippen LogP contribution is 2.30. The smallest absolute Gasteiger partial charge is 0.408 e. The van der Waals surface area contributed by atoms with E-state index < -0.39 is 47.6 Å². The number of alkyl carbamates (subject to hydrolysis) is 1. The zero-order chi connectivity index (χ0) is 34.1. The number of benzene rings is 2. The maximum absolute atomic E-state index is 13.7. The molecule has 0 radical (unpaired) electrons. The molecule has 1 saturated carbocycles. The molecule has 0 aromatic heterocycles. The number of esters is 1. The van der Waals surface area contributed by atoms with E-state index in [-0.39, 0.29) is 45.0 Å². The summed E-state index contributed by atoms with van der Waals surface area (Å²) in [5.74, 6) is -2.33. The largest absolute Gasteiger partial charge is 0.454 e. The standard InChI is InChI=1S/C36H47N3O8/c1-4-14-28(22-31(41)39-36(25-40)20-12-13-21-36)33(42)37-30(24-45-3)32(27-18-10-7-11-19-27)47-34(43)29(15-5-2)38-35(44)46-23-26-16-8-6-9-17-26/h4-11,16-19,28-30,32,40H,1-2,12-15,20-25H2,3H3,(H,37,42)(H,38,44)(H,39,41)/t28-,29+,30-,32-/m0/s1. The molecule has 0 spiro atoms. The Morgan fingerprint density at radius 2 is 1.57 bits per heavy atom. The fourth-order valence-corrected chi connectivity index (χ4v) is 5.63. The van der Waals surface area contributed by atoms with Gasteiger partial charge in [0.2, 0.25) is 11.8 Å². The van der Waals surface area contributed by atoms with Crippen LogP contribution in [0.25, 0.3) is 0 Å². The third-order valence-electron chi connectivity index (χ3n) is 8.12. The van der Waals surface area contributed by atoms with Gasteiger partial charge in [-0.05, 0) is 36.8 Å². The number of amides is 3. The average Bonchev–Trinajstić information content (AvgIpc) is 3.55. The number of rotatable bonds is 19. The van der Waals surface area contributed by atoms with Crippen molar-refractivity contribution in [3.8, 4) is 0 Å². The first-order valence-electron chi connectivity index (χ1n) is 15.9. The van der Waals surface area contributed by atoms with Crippen molar-refractivity contribution in [1.82, 2.24) is 16.0 Å². The van der Waals surface area contributed by atoms with Crippen molar-refractivity contribution in [2.75, 3.05) is 20.3 Å². The topological polar surface area (TPSA) is 152 Å². The molecule has 0 unspecified atom stereocenters. The lowest BCUT2D eigenvalue weighted by Crippen LogP contribution is -2.51. The van der Waals surface area contributed by atoms with Crippen LogP contribution < -0.4 is 16.0 Å². The lowest BCUT2D eigenvalue weighted by Gasteiger charge is -2.31. The second-order valence-electron chi connectivity index (χ2n) is 11.7. The summed E-state index contributed by atoms with van der Waals surface area (Å²) in [6, 6.07) is 16.0. The Balaban J connectivity index is 1.75. The lowest BCUT2D eigenvalue weighted by molar-refractivity contribution is -0.155. The van der Waals surface area contributed by atoms with Crippen LogP contribution in [0.15, 0.2) is 86.0 Å². The van der Waals surface area contributed by atoms with Gasteiger partial charge in [-0.3, -0.25) is 9.59 Å². The molecule has 2 aromatic carbocycles. The molecule has 47 heavy (non-hydrogen) atoms. The van der Waals surface area contributed by atoms with Gasteiger partial charge in [-0.25, -0.2) is 9.59 Å². The number of hydrogen-bond acceptors (Lipinski definition) is 8. The minimum atomic E-state index is -1.12. The number of carbonyl (C=O) groups is 4. The SMILES string of the molecule is C=CC[C@@H](CC(=O)NC1(CO)CCCC1)C(=O)N[C@@H](COC)[C@@H](OC(=O)[C@@H](CC=C)NC(=O)OCc1ccccc1)c1ccccc1. The summed E-state index contributed by atoms with van der Waals surface area (Å²) in [4.78, 5) is 52.9. The number of methoxy groups -OCH3 is 1. The minimum Gasteiger partial charge on any atom is -0.454 e. The molecule has 0 heterocycles. The van der Waals surface area contributed by atoms with E-state index >= 15 is 0 Å². The van der Waals surface area contributed by atoms with Gasteiger partial charge in [-0.15, -0.1) is 13.2 Å². The number of carbonyl (C=O) groups excluding carboxylic acids is 4. The first kappa shape index (κ1) is 37.0. The zero-order valence-corrected chi connectivity index (χ0v) is 27.0. The van der Waals surface area contributed by atoms with Crippen LogP contribution in [-0.2, 0) is 35.2 Å². The Hall–Kier alpha value is -4.48. The molecule has 3 rings (SSSR count). The molecule has 0 aliphatic heterocycles. The number of nitrogens with one attached hydrogen (secondary N) is 3. The number of allylic oxidation sites excluding steroid dienone is 1. The molecule has 4 N–H and O–H groups in total. The van der Waals surface area contributed by atoms with Crippen LogP contribution >= 0.6 is 0 Å². The highest BCUT2D eigenvalue weighted by Gasteiger charge is 2.37. The second kappa shape index (κ2) is 19.2. The average molecular weight is 650 g/mol. The van der Waals surface area contributed by atoms with Gasteiger partial charge in [0.15, 0.2) is 0 Å². The van der Waals surface area contributed by atoms with Crippen molar-refractivity contribution >= 4 is 23.9 Å². The van der Waals surface area contributed by atoms with E-state index in [1.54, 1.807) is 36.4 Å². The van der Waals surface area contributed by atoms with Crippen LogP contribution in [0.2, 0.25) is 0 Å². The van der Waals surface area contributed by atoms with Gasteiger partial charge in [0.25, 0.3) is 0 Å². The third-order valence-corrected chi connectivity index (χ3v) is 8.12. The molecule has 1 aliphatic carbocycles. The van der Waals surface area contributed by atoms with Crippen LogP contribution in [0.1, 0.15) is 62.2 Å². The molecule has 11 nitrogen and oxygen atoms in total. The second-order valence-corrected chi connectivity index (χ2v) is 11.7. The van der Waals surface area contributed by atoms with Gasteiger partial charge in [0.1, 0.15) is 18.8 Å². The Morgan fingerprint density at radius 1 is 0.936 bits per heavy atom. The van der Waals surface area contributed by atoms with E-state index in [9.17, 15) is 24.3 Å². The zero-order valence-electron chi connectivity index (χ0n) is 27.0. The maximum Gasteiger partial charge on any atom is 0.408 e. The maximum atomic E-state index is 13.7. The Kier molecular flexibility index (Phi) is 15.1. The quantitative estimate of drug-likeness (QED) is 0.130. The van der Waals surface area contributed by atoms with Crippen LogP contribution in [-0.4, -0.2) is 66.9 Å². The monoisotopic (exact) mass is 649 g/mol. The van der Waals surface area contributed by atoms with Gasteiger partial charge in [0, 0.05) is 13.5 Å². The van der Waals surface area contributed by atoms with E-state index in [0.29, 0.717) is 18.4 Å². The fraction of sp³-hybridized carbons (Fsp3) is 0.444. The number of ether oxygens (including phenoxy) is 3. The van der Waals surface area contributed by atoms with Crippen molar-refractivity contribution in [2.45, 2.75) is 75.3 Å². The van der Waals surface area contributed by atoms with Crippen molar-refractivity contribution in [3.05, 3.63) is 97.1 Å². The van der Waals surface area contributed by atoms with Crippen LogP contribution in [0.3, 0.4) is 0 Å². The summed E-state index contributed by atoms with van der Waals surface area (Å²) in [7, 11) is 1.46. The summed E-state index contributed by atoms with van der Waals surface area (Å²) in [5.41, 5.74) is 0.698. The Labute approximate surface area is 276 Å². The molecule has 254 valence electrons. The summed E-state index contributed by atoms with van der Waals surface area (Å²) in [6.45, 7) is 7.27. The van der Waals surface area contributed by atoms with Gasteiger partial charge in [-0.1, -0.05) is 85.7 Å². The van der Waals surface area contributed by atoms with Crippen LogP contribution in [0, 0.1) is 5.92 Å². The van der Waals surface area contributed by atoms with Gasteiger partial charge < -0.3 is 35.3 Å². The number of aliphatic hydroxyl groups excluding tert-OH is 1. The summed E-state index contributed by atoms with van der Waals surface area (Å²) < 4.78 is 16.7. The van der Waals surface area contributed by atoms with Crippen LogP contribution in [0.4, 0.5) is 4.79 Å². The van der Waals surface area contributed by atoms with Gasteiger partial charge >= 0.3 is 12.1 Å². The van der Waals surface area contributed by atoms with Crippen LogP contribution in [0.5, 0.6) is 0 Å². The van der Waals surface area contributed by atoms with Gasteiger partial charge in [0.05, 0.1) is 30.7 Å². The molecule has 1 aliphatic rings. The first-order valence-corrected chi connectivity index (χ1v) is 15.9. The Morgan fingerprint density at radius 3 is 2.17 bits per heavy atom. The molecule has 11 heteroatoms. The lowest BCUT2D eigenvalue weighted by atomic mass is 9.95. The molecule has 0 saturated heterocycles. The normalized spacial score (nSPS) is 16.0. The summed E-state index contributed by atoms with van der Waals surface area (Å²) >= 11 is 0. The first-order chi connectivity index (χ1) is 22.7. The summed E-state index contributed by atoms with van der Waals surface area (Å²) in [5, 5.41) is 18.4. The molecular formula is C36H47N3O8. The third kappa shape index (κ3) is 11.7. The molecule has 2 aromatic rings. The van der Waals surface area contributed by atoms with Crippen molar-refractivity contribution < 1.29 is 38.5 Å². The highest BCUT2D eigenvalue weighted by atomic mass is 16.6.